The minimum Gasteiger partial charge on any atom is -0.388 e. The molecule has 0 aliphatic heterocycles. The van der Waals surface area contributed by atoms with E-state index >= 15 is 0 Å². The molecule has 1 aromatic carbocycles. The van der Waals surface area contributed by atoms with Crippen LogP contribution in [0.3, 0.4) is 0 Å². The van der Waals surface area contributed by atoms with E-state index in [1.807, 2.05) is 0 Å². The van der Waals surface area contributed by atoms with Gasteiger partial charge in [-0.2, -0.15) is 0 Å². The molecule has 3 N–H and O–H groups in total. The highest BCUT2D eigenvalue weighted by atomic mass is 79.9. The van der Waals surface area contributed by atoms with E-state index in [9.17, 15) is 18.3 Å². The Hall–Kier alpha value is -0.590. The zero-order valence-electron chi connectivity index (χ0n) is 8.21. The van der Waals surface area contributed by atoms with Gasteiger partial charge in [0.1, 0.15) is 5.82 Å². The van der Waals surface area contributed by atoms with Gasteiger partial charge >= 0.3 is 0 Å². The first-order valence-corrected chi connectivity index (χ1v) is 5.38. The molecule has 0 radical (unpaired) electrons. The van der Waals surface area contributed by atoms with E-state index in [-0.39, 0.29) is 12.0 Å². The molecule has 0 fully saturated rings. The van der Waals surface area contributed by atoms with Crippen molar-refractivity contribution >= 4 is 15.9 Å². The predicted octanol–water partition coefficient (Wildman–Crippen LogP) is 2.60. The molecule has 1 rings (SSSR count). The normalized spacial score (nSPS) is 15.2. The van der Waals surface area contributed by atoms with Gasteiger partial charge in [0.05, 0.1) is 12.1 Å². The highest BCUT2D eigenvalue weighted by Crippen LogP contribution is 2.25. The number of rotatable bonds is 4. The van der Waals surface area contributed by atoms with Crippen molar-refractivity contribution in [3.8, 4) is 0 Å². The van der Waals surface area contributed by atoms with Crippen molar-refractivity contribution in [2.45, 2.75) is 25.0 Å². The van der Waals surface area contributed by atoms with Crippen molar-refractivity contribution in [2.24, 2.45) is 5.73 Å². The van der Waals surface area contributed by atoms with Crippen LogP contribution < -0.4 is 5.73 Å². The second-order valence-corrected chi connectivity index (χ2v) is 4.33. The number of hydrogen-bond acceptors (Lipinski definition) is 2. The van der Waals surface area contributed by atoms with E-state index in [4.69, 9.17) is 5.73 Å². The van der Waals surface area contributed by atoms with E-state index < -0.39 is 24.4 Å². The van der Waals surface area contributed by atoms with Gasteiger partial charge in [0.15, 0.2) is 0 Å². The zero-order valence-corrected chi connectivity index (χ0v) is 9.79. The summed E-state index contributed by atoms with van der Waals surface area (Å²) in [5.41, 5.74) is 5.06. The molecule has 0 aliphatic rings. The first-order chi connectivity index (χ1) is 7.41. The third kappa shape index (κ3) is 3.47. The van der Waals surface area contributed by atoms with Crippen LogP contribution in [0.1, 0.15) is 18.1 Å². The second-order valence-electron chi connectivity index (χ2n) is 3.42. The van der Waals surface area contributed by atoms with Crippen molar-refractivity contribution in [1.82, 2.24) is 0 Å². The molecule has 0 aromatic heterocycles. The number of aliphatic hydroxyl groups is 1. The van der Waals surface area contributed by atoms with Crippen molar-refractivity contribution < 1.29 is 18.3 Å². The smallest absolute Gasteiger partial charge is 0.253 e. The lowest BCUT2D eigenvalue weighted by atomic mass is 10.0. The molecule has 90 valence electrons. The number of aliphatic hydroxyl groups excluding tert-OH is 1. The quantitative estimate of drug-likeness (QED) is 0.897. The molecule has 16 heavy (non-hydrogen) atoms. The Balaban J connectivity index is 2.80. The first-order valence-electron chi connectivity index (χ1n) is 4.58. The van der Waals surface area contributed by atoms with Crippen LogP contribution in [0.2, 0.25) is 0 Å². The summed E-state index contributed by atoms with van der Waals surface area (Å²) in [5.74, 6) is -0.642. The Kier molecular flexibility index (Phi) is 4.76. The van der Waals surface area contributed by atoms with Crippen molar-refractivity contribution in [1.29, 1.82) is 0 Å². The van der Waals surface area contributed by atoms with Crippen LogP contribution in [0.4, 0.5) is 13.2 Å². The monoisotopic (exact) mass is 297 g/mol. The fraction of sp³-hybridized carbons (Fsp3) is 0.400. The maximum Gasteiger partial charge on any atom is 0.253 e. The van der Waals surface area contributed by atoms with Gasteiger partial charge in [-0.25, -0.2) is 13.2 Å². The van der Waals surface area contributed by atoms with Crippen molar-refractivity contribution in [3.63, 3.8) is 0 Å². The highest BCUT2D eigenvalue weighted by molar-refractivity contribution is 9.10. The summed E-state index contributed by atoms with van der Waals surface area (Å²) >= 11 is 3.10. The maximum atomic E-state index is 13.3. The summed E-state index contributed by atoms with van der Waals surface area (Å²) in [4.78, 5) is 0. The molecule has 0 aliphatic carbocycles. The summed E-state index contributed by atoms with van der Waals surface area (Å²) in [5, 5.41) is 9.57. The number of nitrogens with two attached hydrogens (primary N) is 1. The van der Waals surface area contributed by atoms with Gasteiger partial charge in [-0.05, 0) is 24.6 Å². The molecule has 0 heterocycles. The summed E-state index contributed by atoms with van der Waals surface area (Å²) in [6.45, 7) is 0. The SMILES string of the molecule is NC(CC(O)c1cc(Br)ccc1F)C(F)F. The standard InChI is InChI=1S/C10H11BrF3NO/c11-5-1-2-7(12)6(3-5)9(16)4-8(15)10(13)14/h1-3,8-10,16H,4,15H2. The molecule has 0 spiro atoms. The molecule has 1 aromatic rings. The molecule has 2 atom stereocenters. The van der Waals surface area contributed by atoms with Gasteiger partial charge in [-0.1, -0.05) is 15.9 Å². The fourth-order valence-electron chi connectivity index (χ4n) is 1.26. The lowest BCUT2D eigenvalue weighted by Crippen LogP contribution is -2.30. The Morgan fingerprint density at radius 3 is 2.56 bits per heavy atom. The van der Waals surface area contributed by atoms with Crippen LogP contribution in [0.25, 0.3) is 0 Å². The first kappa shape index (κ1) is 13.5. The lowest BCUT2D eigenvalue weighted by molar-refractivity contribution is 0.0744. The molecule has 6 heteroatoms. The van der Waals surface area contributed by atoms with Gasteiger partial charge in [0.2, 0.25) is 0 Å². The third-order valence-electron chi connectivity index (χ3n) is 2.14. The predicted molar refractivity (Wildman–Crippen MR) is 57.7 cm³/mol. The Bertz CT molecular complexity index is 362. The van der Waals surface area contributed by atoms with Gasteiger partial charge in [-0.3, -0.25) is 0 Å². The van der Waals surface area contributed by atoms with Gasteiger partial charge < -0.3 is 10.8 Å². The number of benzene rings is 1. The molecule has 0 saturated heterocycles. The van der Waals surface area contributed by atoms with Crippen LogP contribution in [-0.2, 0) is 0 Å². The van der Waals surface area contributed by atoms with Crippen LogP contribution in [-0.4, -0.2) is 17.6 Å². The van der Waals surface area contributed by atoms with Crippen LogP contribution in [0.5, 0.6) is 0 Å². The van der Waals surface area contributed by atoms with E-state index in [1.54, 1.807) is 0 Å². The van der Waals surface area contributed by atoms with E-state index in [2.05, 4.69) is 15.9 Å². The summed E-state index contributed by atoms with van der Waals surface area (Å²) in [6, 6.07) is 2.49. The van der Waals surface area contributed by atoms with Gasteiger partial charge in [0.25, 0.3) is 6.43 Å². The topological polar surface area (TPSA) is 46.2 Å². The molecule has 0 amide bonds. The number of hydrogen-bond donors (Lipinski definition) is 2. The molecule has 2 unspecified atom stereocenters. The average molecular weight is 298 g/mol. The van der Waals surface area contributed by atoms with E-state index in [0.29, 0.717) is 4.47 Å². The van der Waals surface area contributed by atoms with Crippen LogP contribution >= 0.6 is 15.9 Å². The van der Waals surface area contributed by atoms with Crippen LogP contribution in [0.15, 0.2) is 22.7 Å². The molecular weight excluding hydrogens is 287 g/mol. The summed E-state index contributed by atoms with van der Waals surface area (Å²) < 4.78 is 38.1. The third-order valence-corrected chi connectivity index (χ3v) is 2.63. The lowest BCUT2D eigenvalue weighted by Gasteiger charge is -2.16. The van der Waals surface area contributed by atoms with Gasteiger partial charge in [-0.15, -0.1) is 0 Å². The summed E-state index contributed by atoms with van der Waals surface area (Å²) in [6.07, 6.45) is -4.45. The number of halogens is 4. The number of alkyl halides is 2. The maximum absolute atomic E-state index is 13.3. The molecule has 0 bridgehead atoms. The van der Waals surface area contributed by atoms with Crippen LogP contribution in [0, 0.1) is 5.82 Å². The second kappa shape index (κ2) is 5.65. The van der Waals surface area contributed by atoms with Crippen molar-refractivity contribution in [2.75, 3.05) is 0 Å². The average Bonchev–Trinajstić information content (AvgIpc) is 2.21. The fourth-order valence-corrected chi connectivity index (χ4v) is 1.64. The highest BCUT2D eigenvalue weighted by Gasteiger charge is 2.22. The Labute approximate surface area is 99.4 Å². The van der Waals surface area contributed by atoms with E-state index in [1.165, 1.54) is 12.1 Å². The largest absolute Gasteiger partial charge is 0.388 e. The molecule has 0 saturated carbocycles. The summed E-state index contributed by atoms with van der Waals surface area (Å²) in [7, 11) is 0. The molecular formula is C10H11BrF3NO. The zero-order chi connectivity index (χ0) is 12.3. The minimum absolute atomic E-state index is 0.0366. The molecule has 2 nitrogen and oxygen atoms in total. The Morgan fingerprint density at radius 2 is 2.00 bits per heavy atom. The van der Waals surface area contributed by atoms with Gasteiger partial charge in [0, 0.05) is 10.0 Å². The van der Waals surface area contributed by atoms with Crippen molar-refractivity contribution in [3.05, 3.63) is 34.1 Å². The minimum atomic E-state index is -2.73. The Morgan fingerprint density at radius 1 is 1.38 bits per heavy atom. The van der Waals surface area contributed by atoms with E-state index in [0.717, 1.165) is 6.07 Å².